The molecule has 2 rings (SSSR count). The molecule has 0 spiro atoms. The van der Waals surface area contributed by atoms with E-state index in [9.17, 15) is 4.79 Å². The van der Waals surface area contributed by atoms with Gasteiger partial charge in [-0.2, -0.15) is 0 Å². The van der Waals surface area contributed by atoms with Gasteiger partial charge in [-0.3, -0.25) is 0 Å². The number of fused-ring (bicyclic) bond motifs is 1. The van der Waals surface area contributed by atoms with Gasteiger partial charge in [0.2, 0.25) is 0 Å². The lowest BCUT2D eigenvalue weighted by Gasteiger charge is -2.04. The van der Waals surface area contributed by atoms with Crippen molar-refractivity contribution >= 4 is 12.2 Å². The van der Waals surface area contributed by atoms with E-state index in [1.807, 2.05) is 12.1 Å². The van der Waals surface area contributed by atoms with Gasteiger partial charge in [0.05, 0.1) is 0 Å². The van der Waals surface area contributed by atoms with E-state index in [1.165, 1.54) is 82.3 Å². The highest BCUT2D eigenvalue weighted by molar-refractivity contribution is 5.53. The van der Waals surface area contributed by atoms with Crippen molar-refractivity contribution < 1.29 is 4.42 Å². The topological polar surface area (TPSA) is 30.2 Å². The zero-order chi connectivity index (χ0) is 17.7. The van der Waals surface area contributed by atoms with Crippen molar-refractivity contribution in [3.05, 3.63) is 44.8 Å². The molecule has 0 saturated heterocycles. The quantitative estimate of drug-likeness (QED) is 0.487. The molecule has 0 aliphatic heterocycles. The van der Waals surface area contributed by atoms with E-state index in [2.05, 4.69) is 19.1 Å². The molecule has 2 nitrogen and oxygen atoms in total. The maximum Gasteiger partial charge on any atom is 0.336 e. The maximum absolute atomic E-state index is 11.3. The average Bonchev–Trinajstić information content (AvgIpc) is 2.62. The lowest BCUT2D eigenvalue weighted by Crippen LogP contribution is -2.30. The molecule has 0 unspecified atom stereocenters. The van der Waals surface area contributed by atoms with Crippen LogP contribution in [0.25, 0.3) is 12.2 Å². The molecule has 0 bridgehead atoms. The number of unbranched alkanes of at least 4 members (excludes halogenated alkanes) is 11. The van der Waals surface area contributed by atoms with E-state index in [-0.39, 0.29) is 5.63 Å². The highest BCUT2D eigenvalue weighted by Gasteiger charge is 2.01. The summed E-state index contributed by atoms with van der Waals surface area (Å²) in [4.78, 5) is 11.3. The standard InChI is InChI=1S/C23H34O2/c1-2-3-4-5-6-7-8-9-10-11-12-13-14-20-15-16-21-17-18-23(24)25-22(21)19-20/h14,16-19H,2-13,15H2,1H3. The third kappa shape index (κ3) is 7.90. The lowest BCUT2D eigenvalue weighted by atomic mass is 10.0. The van der Waals surface area contributed by atoms with Gasteiger partial charge in [-0.15, -0.1) is 0 Å². The SMILES string of the molecule is CCCCCCCCCCCCCC=C1C=c2oc(=O)ccc2=CC1. The molecule has 25 heavy (non-hydrogen) atoms. The molecule has 0 radical (unpaired) electrons. The molecule has 138 valence electrons. The van der Waals surface area contributed by atoms with E-state index in [4.69, 9.17) is 4.42 Å². The van der Waals surface area contributed by atoms with Gasteiger partial charge in [-0.1, -0.05) is 83.3 Å². The fourth-order valence-corrected chi connectivity index (χ4v) is 3.42. The zero-order valence-electron chi connectivity index (χ0n) is 15.9. The molecule has 0 N–H and O–H groups in total. The summed E-state index contributed by atoms with van der Waals surface area (Å²) in [6, 6.07) is 3.33. The second kappa shape index (κ2) is 11.9. The Bertz CT molecular complexity index is 694. The molecule has 1 aromatic heterocycles. The van der Waals surface area contributed by atoms with Gasteiger partial charge in [0.25, 0.3) is 0 Å². The van der Waals surface area contributed by atoms with Crippen LogP contribution in [0.2, 0.25) is 0 Å². The summed E-state index contributed by atoms with van der Waals surface area (Å²) >= 11 is 0. The molecule has 1 heterocycles. The van der Waals surface area contributed by atoms with Gasteiger partial charge < -0.3 is 4.42 Å². The van der Waals surface area contributed by atoms with Gasteiger partial charge in [-0.05, 0) is 37.0 Å². The van der Waals surface area contributed by atoms with E-state index in [0.29, 0.717) is 5.42 Å². The molecule has 1 aliphatic rings. The van der Waals surface area contributed by atoms with E-state index < -0.39 is 0 Å². The van der Waals surface area contributed by atoms with Gasteiger partial charge in [0.15, 0.2) is 0 Å². The molecule has 1 aliphatic carbocycles. The van der Waals surface area contributed by atoms with Gasteiger partial charge >= 0.3 is 5.63 Å². The van der Waals surface area contributed by atoms with Gasteiger partial charge in [0.1, 0.15) is 5.42 Å². The molecular weight excluding hydrogens is 308 g/mol. The second-order valence-electron chi connectivity index (χ2n) is 7.23. The van der Waals surface area contributed by atoms with Crippen LogP contribution in [0.3, 0.4) is 0 Å². The van der Waals surface area contributed by atoms with Crippen LogP contribution < -0.4 is 16.3 Å². The molecule has 0 saturated carbocycles. The third-order valence-electron chi connectivity index (χ3n) is 4.98. The molecule has 2 heteroatoms. The Morgan fingerprint density at radius 2 is 1.56 bits per heavy atom. The summed E-state index contributed by atoms with van der Waals surface area (Å²) in [7, 11) is 0. The zero-order valence-corrected chi connectivity index (χ0v) is 15.9. The van der Waals surface area contributed by atoms with Crippen LogP contribution in [0.1, 0.15) is 90.4 Å². The molecule has 0 amide bonds. The first kappa shape index (κ1) is 19.8. The van der Waals surface area contributed by atoms with E-state index in [0.717, 1.165) is 18.1 Å². The van der Waals surface area contributed by atoms with Gasteiger partial charge in [-0.25, -0.2) is 4.79 Å². The Labute approximate surface area is 152 Å². The van der Waals surface area contributed by atoms with E-state index in [1.54, 1.807) is 0 Å². The fraction of sp³-hybridized carbons (Fsp3) is 0.609. The second-order valence-corrected chi connectivity index (χ2v) is 7.23. The van der Waals surface area contributed by atoms with Crippen molar-refractivity contribution in [3.8, 4) is 0 Å². The minimum absolute atomic E-state index is 0.269. The third-order valence-corrected chi connectivity index (χ3v) is 4.98. The van der Waals surface area contributed by atoms with Gasteiger partial charge in [0, 0.05) is 11.3 Å². The van der Waals surface area contributed by atoms with Crippen LogP contribution >= 0.6 is 0 Å². The minimum Gasteiger partial charge on any atom is -0.423 e. The normalized spacial score (nSPS) is 14.8. The average molecular weight is 343 g/mol. The molecule has 0 atom stereocenters. The molecule has 1 aromatic rings. The lowest BCUT2D eigenvalue weighted by molar-refractivity contribution is 0.472. The number of hydrogen-bond donors (Lipinski definition) is 0. The number of rotatable bonds is 12. The Balaban J connectivity index is 1.55. The van der Waals surface area contributed by atoms with Crippen molar-refractivity contribution in [2.75, 3.05) is 0 Å². The predicted octanol–water partition coefficient (Wildman–Crippen LogP) is 5.23. The summed E-state index contributed by atoms with van der Waals surface area (Å²) in [6.45, 7) is 2.27. The molecular formula is C23H34O2. The fourth-order valence-electron chi connectivity index (χ4n) is 3.42. The first-order chi connectivity index (χ1) is 12.3. The summed E-state index contributed by atoms with van der Waals surface area (Å²) < 4.78 is 5.26. The van der Waals surface area contributed by atoms with Crippen molar-refractivity contribution in [2.45, 2.75) is 90.4 Å². The smallest absolute Gasteiger partial charge is 0.336 e. The van der Waals surface area contributed by atoms with Crippen molar-refractivity contribution in [1.29, 1.82) is 0 Å². The Morgan fingerprint density at radius 3 is 2.24 bits per heavy atom. The highest BCUT2D eigenvalue weighted by atomic mass is 16.4. The number of allylic oxidation sites excluding steroid dienone is 2. The Kier molecular flexibility index (Phi) is 9.40. The Morgan fingerprint density at radius 1 is 0.920 bits per heavy atom. The summed E-state index contributed by atoms with van der Waals surface area (Å²) in [6.07, 6.45) is 23.7. The van der Waals surface area contributed by atoms with Crippen molar-refractivity contribution in [1.82, 2.24) is 0 Å². The first-order valence-corrected chi connectivity index (χ1v) is 10.3. The van der Waals surface area contributed by atoms with Crippen molar-refractivity contribution in [2.24, 2.45) is 0 Å². The van der Waals surface area contributed by atoms with E-state index >= 15 is 0 Å². The van der Waals surface area contributed by atoms with Crippen LogP contribution in [0.5, 0.6) is 0 Å². The van der Waals surface area contributed by atoms with Crippen LogP contribution in [0, 0.1) is 0 Å². The van der Waals surface area contributed by atoms with Crippen LogP contribution in [0.4, 0.5) is 0 Å². The predicted molar refractivity (Wildman–Crippen MR) is 107 cm³/mol. The first-order valence-electron chi connectivity index (χ1n) is 10.3. The van der Waals surface area contributed by atoms with Crippen LogP contribution in [0.15, 0.2) is 33.0 Å². The van der Waals surface area contributed by atoms with Crippen LogP contribution in [-0.2, 0) is 0 Å². The minimum atomic E-state index is -0.269. The monoisotopic (exact) mass is 342 g/mol. The van der Waals surface area contributed by atoms with Crippen molar-refractivity contribution in [3.63, 3.8) is 0 Å². The summed E-state index contributed by atoms with van der Waals surface area (Å²) in [5, 5.41) is 1.03. The molecule has 0 fully saturated rings. The highest BCUT2D eigenvalue weighted by Crippen LogP contribution is 2.14. The van der Waals surface area contributed by atoms with Crippen LogP contribution in [-0.4, -0.2) is 0 Å². The number of hydrogen-bond acceptors (Lipinski definition) is 2. The maximum atomic E-state index is 11.3. The summed E-state index contributed by atoms with van der Waals surface area (Å²) in [5.74, 6) is 0. The molecule has 0 aromatic carbocycles. The largest absolute Gasteiger partial charge is 0.423 e. The Hall–Kier alpha value is -1.57. The summed E-state index contributed by atoms with van der Waals surface area (Å²) in [5.41, 5.74) is 1.72.